The van der Waals surface area contributed by atoms with Gasteiger partial charge < -0.3 is 35.8 Å². The van der Waals surface area contributed by atoms with Gasteiger partial charge in [-0.25, -0.2) is 0 Å². The van der Waals surface area contributed by atoms with E-state index in [1.54, 1.807) is 12.1 Å². The number of nitrogens with one attached hydrogen (secondary N) is 2. The fourth-order valence-corrected chi connectivity index (χ4v) is 7.55. The first-order valence-corrected chi connectivity index (χ1v) is 20.3. The van der Waals surface area contributed by atoms with E-state index in [9.17, 15) is 14.7 Å². The summed E-state index contributed by atoms with van der Waals surface area (Å²) in [7, 11) is 0. The summed E-state index contributed by atoms with van der Waals surface area (Å²) in [5.74, 6) is -0.00822. The molecular weight excluding hydrogens is 689 g/mol. The van der Waals surface area contributed by atoms with Crippen molar-refractivity contribution in [3.63, 3.8) is 0 Å². The Morgan fingerprint density at radius 2 is 1.40 bits per heavy atom. The van der Waals surface area contributed by atoms with E-state index in [-0.39, 0.29) is 30.6 Å². The molecule has 2 aliphatic rings. The summed E-state index contributed by atoms with van der Waals surface area (Å²) in [5.41, 5.74) is 13.3. The second-order valence-electron chi connectivity index (χ2n) is 15.1. The standard InChI is InChI=1S/C46H58N4O5/c47-41-15-8-9-16-42(41)49-45(53)18-7-3-2-6-17-44(52)48-31-35-13-12-14-39(29-35)36-23-25-38(26-24-36)46-54-40(32-50-27-10-4-1-5-11-28-50)30-43(55-46)37-21-19-34(33-51)20-22-37/h8-9,12-16,19-26,29,40,43,46,51H,1-7,10-11,17-18,27-28,30-33,47H2,(H,48,52)(H,49,53)/t40-,43+,46+/m0/s1. The van der Waals surface area contributed by atoms with E-state index in [0.29, 0.717) is 30.8 Å². The van der Waals surface area contributed by atoms with Gasteiger partial charge in [-0.05, 0) is 84.8 Å². The van der Waals surface area contributed by atoms with Crippen LogP contribution in [0.4, 0.5) is 11.4 Å². The maximum atomic E-state index is 12.6. The first kappa shape index (κ1) is 40.1. The van der Waals surface area contributed by atoms with Crippen molar-refractivity contribution >= 4 is 23.2 Å². The number of nitrogen functional groups attached to an aromatic ring is 1. The SMILES string of the molecule is Nc1ccccc1NC(=O)CCCCCCC(=O)NCc1cccc(-c2ccc([C@@H]3O[C@H](CN4CCCCCCC4)C[C@H](c4ccc(CO)cc4)O3)cc2)c1. The Morgan fingerprint density at radius 1 is 0.709 bits per heavy atom. The molecule has 2 amide bonds. The molecule has 2 saturated heterocycles. The van der Waals surface area contributed by atoms with Crippen LogP contribution in [-0.2, 0) is 32.2 Å². The van der Waals surface area contributed by atoms with Crippen molar-refractivity contribution < 1.29 is 24.2 Å². The van der Waals surface area contributed by atoms with Crippen LogP contribution in [0.25, 0.3) is 11.1 Å². The molecule has 0 aliphatic carbocycles. The molecule has 0 spiro atoms. The average Bonchev–Trinajstić information content (AvgIpc) is 3.20. The monoisotopic (exact) mass is 746 g/mol. The molecule has 0 aromatic heterocycles. The molecule has 0 unspecified atom stereocenters. The summed E-state index contributed by atoms with van der Waals surface area (Å²) >= 11 is 0. The van der Waals surface area contributed by atoms with Crippen molar-refractivity contribution in [2.45, 2.75) is 109 Å². The highest BCUT2D eigenvalue weighted by atomic mass is 16.7. The van der Waals surface area contributed by atoms with Crippen molar-refractivity contribution in [3.8, 4) is 11.1 Å². The smallest absolute Gasteiger partial charge is 0.224 e. The zero-order valence-corrected chi connectivity index (χ0v) is 32.1. The number of benzene rings is 4. The van der Waals surface area contributed by atoms with Gasteiger partial charge in [-0.2, -0.15) is 0 Å². The van der Waals surface area contributed by atoms with Gasteiger partial charge in [-0.15, -0.1) is 0 Å². The first-order chi connectivity index (χ1) is 26.9. The Morgan fingerprint density at radius 3 is 2.13 bits per heavy atom. The van der Waals surface area contributed by atoms with Gasteiger partial charge in [0.25, 0.3) is 0 Å². The quantitative estimate of drug-likeness (QED) is 0.0667. The number of anilines is 2. The largest absolute Gasteiger partial charge is 0.397 e. The minimum absolute atomic E-state index is 0.0250. The molecule has 2 fully saturated rings. The molecule has 5 N–H and O–H groups in total. The van der Waals surface area contributed by atoms with Crippen LogP contribution in [0, 0.1) is 0 Å². The lowest BCUT2D eigenvalue weighted by molar-refractivity contribution is -0.253. The summed E-state index contributed by atoms with van der Waals surface area (Å²) in [6, 6.07) is 32.1. The number of para-hydroxylation sites is 2. The van der Waals surface area contributed by atoms with E-state index in [0.717, 1.165) is 85.1 Å². The number of hydrogen-bond acceptors (Lipinski definition) is 7. The summed E-state index contributed by atoms with van der Waals surface area (Å²) in [6.45, 7) is 3.63. The average molecular weight is 747 g/mol. The minimum atomic E-state index is -0.481. The van der Waals surface area contributed by atoms with Gasteiger partial charge in [-0.3, -0.25) is 9.59 Å². The number of nitrogens with two attached hydrogens (primary N) is 1. The van der Waals surface area contributed by atoms with Gasteiger partial charge in [0.05, 0.1) is 30.2 Å². The lowest BCUT2D eigenvalue weighted by Gasteiger charge is -2.38. The van der Waals surface area contributed by atoms with E-state index in [4.69, 9.17) is 15.2 Å². The van der Waals surface area contributed by atoms with E-state index >= 15 is 0 Å². The van der Waals surface area contributed by atoms with Crippen molar-refractivity contribution in [1.82, 2.24) is 10.2 Å². The van der Waals surface area contributed by atoms with Crippen LogP contribution in [-0.4, -0.2) is 47.6 Å². The second kappa shape index (κ2) is 20.9. The number of aliphatic hydroxyl groups is 1. The fraction of sp³-hybridized carbons (Fsp3) is 0.435. The van der Waals surface area contributed by atoms with Gasteiger partial charge >= 0.3 is 0 Å². The molecule has 3 atom stereocenters. The van der Waals surface area contributed by atoms with Crippen molar-refractivity contribution in [2.24, 2.45) is 0 Å². The maximum Gasteiger partial charge on any atom is 0.224 e. The van der Waals surface area contributed by atoms with E-state index in [1.807, 2.05) is 36.4 Å². The Kier molecular flexibility index (Phi) is 15.3. The van der Waals surface area contributed by atoms with Crippen LogP contribution in [0.3, 0.4) is 0 Å². The Labute approximate surface area is 326 Å². The number of ether oxygens (including phenoxy) is 2. The molecule has 9 nitrogen and oxygen atoms in total. The number of carbonyl (C=O) groups is 2. The molecule has 4 aromatic rings. The molecule has 292 valence electrons. The highest BCUT2D eigenvalue weighted by Crippen LogP contribution is 2.39. The summed E-state index contributed by atoms with van der Waals surface area (Å²) in [4.78, 5) is 27.4. The lowest BCUT2D eigenvalue weighted by atomic mass is 9.98. The number of unbranched alkanes of at least 4 members (excludes halogenated alkanes) is 3. The third kappa shape index (κ3) is 12.5. The van der Waals surface area contributed by atoms with Crippen LogP contribution in [0.2, 0.25) is 0 Å². The highest BCUT2D eigenvalue weighted by molar-refractivity contribution is 5.93. The second-order valence-corrected chi connectivity index (χ2v) is 15.1. The molecule has 2 heterocycles. The summed E-state index contributed by atoms with van der Waals surface area (Å²) in [5, 5.41) is 15.5. The Balaban J connectivity index is 0.979. The van der Waals surface area contributed by atoms with Gasteiger partial charge in [0.1, 0.15) is 0 Å². The number of carbonyl (C=O) groups excluding carboxylic acids is 2. The summed E-state index contributed by atoms with van der Waals surface area (Å²) in [6.07, 6.45) is 10.9. The minimum Gasteiger partial charge on any atom is -0.397 e. The molecule has 0 saturated carbocycles. The topological polar surface area (TPSA) is 126 Å². The number of nitrogens with zero attached hydrogens (tertiary/aromatic N) is 1. The lowest BCUT2D eigenvalue weighted by Crippen LogP contribution is -2.40. The third-order valence-electron chi connectivity index (χ3n) is 10.8. The van der Waals surface area contributed by atoms with Gasteiger partial charge in [0.2, 0.25) is 11.8 Å². The van der Waals surface area contributed by atoms with E-state index in [1.165, 1.54) is 32.1 Å². The molecular formula is C46H58N4O5. The predicted octanol–water partition coefficient (Wildman–Crippen LogP) is 8.84. The highest BCUT2D eigenvalue weighted by Gasteiger charge is 2.33. The van der Waals surface area contributed by atoms with Crippen LogP contribution in [0.5, 0.6) is 0 Å². The zero-order chi connectivity index (χ0) is 38.2. The first-order valence-electron chi connectivity index (χ1n) is 20.3. The van der Waals surface area contributed by atoms with Gasteiger partial charge in [-0.1, -0.05) is 111 Å². The molecule has 0 bridgehead atoms. The van der Waals surface area contributed by atoms with Crippen LogP contribution in [0.15, 0.2) is 97.1 Å². The Bertz CT molecular complexity index is 1790. The molecule has 0 radical (unpaired) electrons. The molecule has 55 heavy (non-hydrogen) atoms. The van der Waals surface area contributed by atoms with Crippen LogP contribution >= 0.6 is 0 Å². The molecule has 9 heteroatoms. The number of hydrogen-bond donors (Lipinski definition) is 4. The third-order valence-corrected chi connectivity index (χ3v) is 10.8. The van der Waals surface area contributed by atoms with Crippen molar-refractivity contribution in [1.29, 1.82) is 0 Å². The van der Waals surface area contributed by atoms with Crippen molar-refractivity contribution in [3.05, 3.63) is 119 Å². The number of amides is 2. The molecule has 2 aliphatic heterocycles. The van der Waals surface area contributed by atoms with Gasteiger partial charge in [0.15, 0.2) is 6.29 Å². The van der Waals surface area contributed by atoms with Crippen LogP contribution in [0.1, 0.15) is 112 Å². The predicted molar refractivity (Wildman–Crippen MR) is 219 cm³/mol. The fourth-order valence-electron chi connectivity index (χ4n) is 7.55. The van der Waals surface area contributed by atoms with Crippen LogP contribution < -0.4 is 16.4 Å². The van der Waals surface area contributed by atoms with Gasteiger partial charge in [0, 0.05) is 37.9 Å². The molecule has 4 aromatic carbocycles. The number of aliphatic hydroxyl groups excluding tert-OH is 1. The normalized spacial score (nSPS) is 19.3. The number of likely N-dealkylation sites (tertiary alicyclic amines) is 1. The van der Waals surface area contributed by atoms with E-state index in [2.05, 4.69) is 64.1 Å². The number of rotatable bonds is 16. The van der Waals surface area contributed by atoms with Crippen molar-refractivity contribution in [2.75, 3.05) is 30.7 Å². The zero-order valence-electron chi connectivity index (χ0n) is 32.1. The van der Waals surface area contributed by atoms with E-state index < -0.39 is 6.29 Å². The summed E-state index contributed by atoms with van der Waals surface area (Å²) < 4.78 is 13.3. The maximum absolute atomic E-state index is 12.6. The Hall–Kier alpha value is -4.54. The molecule has 6 rings (SSSR count).